The van der Waals surface area contributed by atoms with Gasteiger partial charge in [-0.1, -0.05) is 18.9 Å². The number of guanidine groups is 1. The van der Waals surface area contributed by atoms with E-state index in [9.17, 15) is 0 Å². The van der Waals surface area contributed by atoms with Crippen LogP contribution in [0.2, 0.25) is 0 Å². The van der Waals surface area contributed by atoms with Crippen molar-refractivity contribution in [2.45, 2.75) is 57.6 Å². The summed E-state index contributed by atoms with van der Waals surface area (Å²) in [5.41, 5.74) is 1.57. The van der Waals surface area contributed by atoms with Crippen LogP contribution in [0.5, 0.6) is 11.5 Å². The molecule has 2 aliphatic carbocycles. The van der Waals surface area contributed by atoms with Crippen LogP contribution < -0.4 is 20.1 Å². The molecule has 1 aromatic rings. The molecule has 160 valence electrons. The fourth-order valence-electron chi connectivity index (χ4n) is 5.76. The molecule has 2 N–H and O–H groups in total. The first-order chi connectivity index (χ1) is 13.8. The average molecular weight is 513 g/mol. The van der Waals surface area contributed by atoms with Gasteiger partial charge in [-0.25, -0.2) is 0 Å². The predicted octanol–water partition coefficient (Wildman–Crippen LogP) is 3.48. The molecule has 29 heavy (non-hydrogen) atoms. The van der Waals surface area contributed by atoms with E-state index >= 15 is 0 Å². The van der Waals surface area contributed by atoms with E-state index in [2.05, 4.69) is 29.7 Å². The zero-order valence-electron chi connectivity index (χ0n) is 17.1. The van der Waals surface area contributed by atoms with E-state index in [1.807, 2.05) is 6.07 Å². The number of halogens is 1. The third-order valence-corrected chi connectivity index (χ3v) is 7.03. The molecule has 1 saturated heterocycles. The van der Waals surface area contributed by atoms with Crippen molar-refractivity contribution in [2.75, 3.05) is 26.5 Å². The standard InChI is InChI=1S/C22H31N3O3.HI/c1-2-23-21(24-11-7-15-5-6-17-18(13-15)28-14-27-17)25-19-16-8-12-26-20(16)22(19)9-3-4-10-22;/h5-6,13,16,19-20H,2-4,7-12,14H2,1H3,(H2,23,24,25);1H. The summed E-state index contributed by atoms with van der Waals surface area (Å²) in [6.45, 7) is 5.00. The molecule has 3 unspecified atom stereocenters. The lowest BCUT2D eigenvalue weighted by Crippen LogP contribution is -2.69. The van der Waals surface area contributed by atoms with Crippen molar-refractivity contribution in [2.24, 2.45) is 16.3 Å². The first-order valence-electron chi connectivity index (χ1n) is 10.9. The van der Waals surface area contributed by atoms with Gasteiger partial charge in [-0.05, 0) is 50.3 Å². The Morgan fingerprint density at radius 1 is 1.21 bits per heavy atom. The fourth-order valence-corrected chi connectivity index (χ4v) is 5.76. The predicted molar refractivity (Wildman–Crippen MR) is 123 cm³/mol. The molecule has 5 rings (SSSR count). The van der Waals surface area contributed by atoms with Gasteiger partial charge in [0.15, 0.2) is 17.5 Å². The second-order valence-electron chi connectivity index (χ2n) is 8.50. The molecule has 0 aromatic heterocycles. The Bertz CT molecular complexity index is 751. The van der Waals surface area contributed by atoms with E-state index in [1.54, 1.807) is 0 Å². The highest BCUT2D eigenvalue weighted by Gasteiger charge is 2.65. The number of fused-ring (bicyclic) bond motifs is 3. The molecule has 3 fully saturated rings. The van der Waals surface area contributed by atoms with Crippen LogP contribution in [0.25, 0.3) is 0 Å². The van der Waals surface area contributed by atoms with Crippen LogP contribution in [0.3, 0.4) is 0 Å². The Morgan fingerprint density at radius 2 is 2.03 bits per heavy atom. The van der Waals surface area contributed by atoms with Gasteiger partial charge >= 0.3 is 0 Å². The summed E-state index contributed by atoms with van der Waals surface area (Å²) in [4.78, 5) is 4.87. The van der Waals surface area contributed by atoms with Crippen LogP contribution in [-0.2, 0) is 11.2 Å². The normalized spacial score (nSPS) is 28.6. The summed E-state index contributed by atoms with van der Waals surface area (Å²) >= 11 is 0. The maximum atomic E-state index is 6.11. The fraction of sp³-hybridized carbons (Fsp3) is 0.682. The highest BCUT2D eigenvalue weighted by molar-refractivity contribution is 14.0. The van der Waals surface area contributed by atoms with Crippen LogP contribution in [0.1, 0.15) is 44.6 Å². The molecule has 1 aromatic carbocycles. The molecular weight excluding hydrogens is 481 g/mol. The van der Waals surface area contributed by atoms with Gasteiger partial charge in [0.05, 0.1) is 6.10 Å². The van der Waals surface area contributed by atoms with Gasteiger partial charge in [-0.2, -0.15) is 0 Å². The summed E-state index contributed by atoms with van der Waals surface area (Å²) in [7, 11) is 0. The largest absolute Gasteiger partial charge is 0.454 e. The Hall–Kier alpha value is -1.22. The molecule has 6 nitrogen and oxygen atoms in total. The molecule has 0 bridgehead atoms. The number of nitrogens with one attached hydrogen (secondary N) is 2. The van der Waals surface area contributed by atoms with Gasteiger partial charge in [0, 0.05) is 37.1 Å². The first kappa shape index (κ1) is 21.0. The first-order valence-corrected chi connectivity index (χ1v) is 10.9. The van der Waals surface area contributed by atoms with Crippen molar-refractivity contribution in [3.05, 3.63) is 23.8 Å². The summed E-state index contributed by atoms with van der Waals surface area (Å²) in [5, 5.41) is 7.25. The van der Waals surface area contributed by atoms with Crippen molar-refractivity contribution >= 4 is 29.9 Å². The molecular formula is C22H32IN3O3. The second kappa shape index (κ2) is 8.88. The smallest absolute Gasteiger partial charge is 0.231 e. The number of rotatable bonds is 5. The van der Waals surface area contributed by atoms with Crippen molar-refractivity contribution in [1.29, 1.82) is 0 Å². The third kappa shape index (κ3) is 3.80. The molecule has 0 amide bonds. The lowest BCUT2D eigenvalue weighted by Gasteiger charge is -2.57. The van der Waals surface area contributed by atoms with Gasteiger partial charge in [0.2, 0.25) is 6.79 Å². The molecule has 2 aliphatic heterocycles. The number of nitrogens with zero attached hydrogens (tertiary/aromatic N) is 1. The van der Waals surface area contributed by atoms with E-state index < -0.39 is 0 Å². The Balaban J connectivity index is 0.00000205. The third-order valence-electron chi connectivity index (χ3n) is 7.03. The summed E-state index contributed by atoms with van der Waals surface area (Å²) < 4.78 is 17.0. The molecule has 1 spiro atoms. The van der Waals surface area contributed by atoms with Crippen molar-refractivity contribution in [3.63, 3.8) is 0 Å². The lowest BCUT2D eigenvalue weighted by atomic mass is 9.54. The van der Waals surface area contributed by atoms with E-state index in [0.717, 1.165) is 43.6 Å². The van der Waals surface area contributed by atoms with E-state index in [4.69, 9.17) is 19.2 Å². The zero-order valence-corrected chi connectivity index (χ0v) is 19.4. The average Bonchev–Trinajstić information content (AvgIpc) is 3.45. The molecule has 3 atom stereocenters. The second-order valence-corrected chi connectivity index (χ2v) is 8.50. The highest BCUT2D eigenvalue weighted by Crippen LogP contribution is 2.60. The van der Waals surface area contributed by atoms with Crippen LogP contribution in [0.15, 0.2) is 23.2 Å². The highest BCUT2D eigenvalue weighted by atomic mass is 127. The van der Waals surface area contributed by atoms with Gasteiger partial charge < -0.3 is 24.8 Å². The van der Waals surface area contributed by atoms with Crippen molar-refractivity contribution < 1.29 is 14.2 Å². The molecule has 2 heterocycles. The van der Waals surface area contributed by atoms with Gasteiger partial charge in [0.1, 0.15) is 0 Å². The molecule has 2 saturated carbocycles. The number of hydrogen-bond acceptors (Lipinski definition) is 4. The number of aliphatic imine (C=N–C) groups is 1. The molecule has 4 aliphatic rings. The maximum Gasteiger partial charge on any atom is 0.231 e. The SMILES string of the molecule is CCNC(=NCCc1ccc2c(c1)OCO2)NC1C2CCOC2C12CCCC2.I. The number of ether oxygens (including phenoxy) is 3. The van der Waals surface area contributed by atoms with Gasteiger partial charge in [0.25, 0.3) is 0 Å². The minimum atomic E-state index is 0. The van der Waals surface area contributed by atoms with E-state index in [1.165, 1.54) is 37.7 Å². The van der Waals surface area contributed by atoms with Crippen molar-refractivity contribution in [3.8, 4) is 11.5 Å². The topological polar surface area (TPSA) is 64.1 Å². The van der Waals surface area contributed by atoms with Crippen LogP contribution in [0, 0.1) is 11.3 Å². The lowest BCUT2D eigenvalue weighted by molar-refractivity contribution is -0.125. The number of hydrogen-bond donors (Lipinski definition) is 2. The summed E-state index contributed by atoms with van der Waals surface area (Å²) in [5.74, 6) is 3.28. The minimum Gasteiger partial charge on any atom is -0.454 e. The molecule has 0 radical (unpaired) electrons. The van der Waals surface area contributed by atoms with Gasteiger partial charge in [-0.15, -0.1) is 24.0 Å². The number of benzene rings is 1. The minimum absolute atomic E-state index is 0. The van der Waals surface area contributed by atoms with Crippen LogP contribution in [-0.4, -0.2) is 44.6 Å². The van der Waals surface area contributed by atoms with Crippen LogP contribution >= 0.6 is 24.0 Å². The van der Waals surface area contributed by atoms with Crippen molar-refractivity contribution in [1.82, 2.24) is 10.6 Å². The maximum absolute atomic E-state index is 6.11. The summed E-state index contributed by atoms with van der Waals surface area (Å²) in [6.07, 6.45) is 7.80. The Labute approximate surface area is 190 Å². The van der Waals surface area contributed by atoms with E-state index in [0.29, 0.717) is 30.3 Å². The van der Waals surface area contributed by atoms with Crippen LogP contribution in [0.4, 0.5) is 0 Å². The van der Waals surface area contributed by atoms with E-state index in [-0.39, 0.29) is 24.0 Å². The zero-order chi connectivity index (χ0) is 19.0. The van der Waals surface area contributed by atoms with Gasteiger partial charge in [-0.3, -0.25) is 4.99 Å². The Kier molecular flexibility index (Phi) is 6.44. The quantitative estimate of drug-likeness (QED) is 0.359. The molecule has 7 heteroatoms. The summed E-state index contributed by atoms with van der Waals surface area (Å²) in [6, 6.07) is 6.66. The Morgan fingerprint density at radius 3 is 2.86 bits per heavy atom. The monoisotopic (exact) mass is 513 g/mol.